The quantitative estimate of drug-likeness (QED) is 0.188. The molecule has 0 aliphatic heterocycles. The molecule has 7 aromatic carbocycles. The Morgan fingerprint density at radius 3 is 2.21 bits per heavy atom. The van der Waals surface area contributed by atoms with Gasteiger partial charge in [0.05, 0.1) is 38.5 Å². The van der Waals surface area contributed by atoms with Crippen molar-refractivity contribution in [2.24, 2.45) is 4.99 Å². The topological polar surface area (TPSA) is 21.7 Å². The van der Waals surface area contributed by atoms with Crippen molar-refractivity contribution in [3.63, 3.8) is 0 Å². The lowest BCUT2D eigenvalue weighted by Crippen LogP contribution is -2.24. The molecule has 3 aromatic heterocycles. The summed E-state index contributed by atoms with van der Waals surface area (Å²) >= 11 is 0. The standard InChI is InChI=1S/C45H31N3/c1-3-29-13-7-9-21-40(29)46-44-28(2)47-42-24-23-31(25-38(42)35-19-12-20-36(44)45(35)47)33-18-11-14-30-26-43-39(27-37(30)33)34-17-8-10-22-41(34)48(43)32-15-5-4-6-16-32/h4-27H,2-3H2,1H3. The van der Waals surface area contributed by atoms with E-state index in [0.29, 0.717) is 0 Å². The molecule has 0 saturated heterocycles. The first kappa shape index (κ1) is 27.0. The van der Waals surface area contributed by atoms with Crippen LogP contribution in [0.2, 0.25) is 0 Å². The molecule has 3 nitrogen and oxygen atoms in total. The number of para-hydroxylation sites is 4. The molecule has 0 aliphatic rings. The van der Waals surface area contributed by atoms with Gasteiger partial charge < -0.3 is 8.97 Å². The summed E-state index contributed by atoms with van der Waals surface area (Å²) in [5.74, 6) is 0. The van der Waals surface area contributed by atoms with Crippen molar-refractivity contribution in [2.75, 3.05) is 0 Å². The van der Waals surface area contributed by atoms with E-state index in [2.05, 4.69) is 168 Å². The third-order valence-electron chi connectivity index (χ3n) is 10.2. The molecule has 0 fully saturated rings. The van der Waals surface area contributed by atoms with Crippen LogP contribution in [0.15, 0.2) is 151 Å². The molecular weight excluding hydrogens is 583 g/mol. The third kappa shape index (κ3) is 3.73. The normalized spacial score (nSPS) is 12.6. The van der Waals surface area contributed by atoms with Crippen molar-refractivity contribution in [3.05, 3.63) is 162 Å². The zero-order valence-electron chi connectivity index (χ0n) is 26.6. The lowest BCUT2D eigenvalue weighted by Gasteiger charge is -2.11. The molecule has 0 amide bonds. The monoisotopic (exact) mass is 613 g/mol. The highest BCUT2D eigenvalue weighted by molar-refractivity contribution is 6.18. The van der Waals surface area contributed by atoms with Crippen molar-refractivity contribution in [1.82, 2.24) is 8.97 Å². The minimum atomic E-state index is 0.928. The SMILES string of the molecule is C=c1c(=Nc2ccccc2CC)c2cccc3c4cc(-c5cccc6cc7c(cc56)c5ccccc5n7-c5ccccc5)ccc4n1c23. The molecule has 0 aliphatic carbocycles. The van der Waals surface area contributed by atoms with Crippen LogP contribution in [0.5, 0.6) is 0 Å². The number of fused-ring (bicyclic) bond motifs is 7. The summed E-state index contributed by atoms with van der Waals surface area (Å²) in [7, 11) is 0. The van der Waals surface area contributed by atoms with Crippen LogP contribution < -0.4 is 10.7 Å². The van der Waals surface area contributed by atoms with Gasteiger partial charge in [-0.15, -0.1) is 0 Å². The van der Waals surface area contributed by atoms with E-state index >= 15 is 0 Å². The molecule has 0 N–H and O–H groups in total. The molecule has 48 heavy (non-hydrogen) atoms. The van der Waals surface area contributed by atoms with Crippen molar-refractivity contribution >= 4 is 72.0 Å². The molecule has 0 unspecified atom stereocenters. The largest absolute Gasteiger partial charge is 0.309 e. The molecule has 226 valence electrons. The summed E-state index contributed by atoms with van der Waals surface area (Å²) in [6, 6.07) is 52.8. The zero-order valence-corrected chi connectivity index (χ0v) is 26.6. The molecular formula is C45H31N3. The summed E-state index contributed by atoms with van der Waals surface area (Å²) in [5, 5.41) is 10.5. The van der Waals surface area contributed by atoms with Gasteiger partial charge >= 0.3 is 0 Å². The summed E-state index contributed by atoms with van der Waals surface area (Å²) in [5.41, 5.74) is 10.7. The molecule has 3 heterocycles. The van der Waals surface area contributed by atoms with Crippen LogP contribution in [-0.2, 0) is 6.42 Å². The lowest BCUT2D eigenvalue weighted by molar-refractivity contribution is 1.12. The van der Waals surface area contributed by atoms with Crippen molar-refractivity contribution < 1.29 is 0 Å². The molecule has 3 heteroatoms. The minimum Gasteiger partial charge on any atom is -0.309 e. The number of nitrogens with zero attached hydrogens (tertiary/aromatic N) is 3. The molecule has 0 atom stereocenters. The first-order valence-electron chi connectivity index (χ1n) is 16.6. The van der Waals surface area contributed by atoms with Gasteiger partial charge in [0.15, 0.2) is 0 Å². The van der Waals surface area contributed by atoms with Crippen LogP contribution >= 0.6 is 0 Å². The Bertz CT molecular complexity index is 3000. The third-order valence-corrected chi connectivity index (χ3v) is 10.2. The van der Waals surface area contributed by atoms with Gasteiger partial charge in [0, 0.05) is 32.6 Å². The predicted octanol–water partition coefficient (Wildman–Crippen LogP) is 10.5. The Hall–Kier alpha value is -6.19. The maximum absolute atomic E-state index is 5.19. The second-order valence-electron chi connectivity index (χ2n) is 12.7. The van der Waals surface area contributed by atoms with E-state index in [1.165, 1.54) is 71.2 Å². The Morgan fingerprint density at radius 2 is 1.31 bits per heavy atom. The molecule has 0 spiro atoms. The maximum Gasteiger partial charge on any atom is 0.0964 e. The van der Waals surface area contributed by atoms with Crippen molar-refractivity contribution in [3.8, 4) is 16.8 Å². The predicted molar refractivity (Wildman–Crippen MR) is 203 cm³/mol. The fourth-order valence-corrected chi connectivity index (χ4v) is 7.98. The zero-order chi connectivity index (χ0) is 31.9. The Kier molecular flexibility index (Phi) is 5.71. The van der Waals surface area contributed by atoms with E-state index < -0.39 is 0 Å². The van der Waals surface area contributed by atoms with Gasteiger partial charge in [0.2, 0.25) is 0 Å². The number of hydrogen-bond donors (Lipinski definition) is 0. The van der Waals surface area contributed by atoms with E-state index in [-0.39, 0.29) is 0 Å². The van der Waals surface area contributed by atoms with Crippen LogP contribution in [0.25, 0.3) is 83.2 Å². The number of hydrogen-bond acceptors (Lipinski definition) is 1. The van der Waals surface area contributed by atoms with Crippen LogP contribution in [0.1, 0.15) is 12.5 Å². The van der Waals surface area contributed by atoms with E-state index in [0.717, 1.165) is 33.7 Å². The average Bonchev–Trinajstić information content (AvgIpc) is 3.75. The highest BCUT2D eigenvalue weighted by Gasteiger charge is 2.18. The smallest absolute Gasteiger partial charge is 0.0964 e. The molecule has 10 rings (SSSR count). The van der Waals surface area contributed by atoms with E-state index in [1.54, 1.807) is 0 Å². The van der Waals surface area contributed by atoms with E-state index in [9.17, 15) is 0 Å². The maximum atomic E-state index is 5.19. The summed E-state index contributed by atoms with van der Waals surface area (Å²) in [6.45, 7) is 6.76. The fraction of sp³-hybridized carbons (Fsp3) is 0.0444. The number of rotatable bonds is 4. The summed E-state index contributed by atoms with van der Waals surface area (Å²) in [4.78, 5) is 5.19. The first-order chi connectivity index (χ1) is 23.7. The summed E-state index contributed by atoms with van der Waals surface area (Å²) in [6.07, 6.45) is 0.941. The van der Waals surface area contributed by atoms with Crippen LogP contribution in [-0.4, -0.2) is 8.97 Å². The Morgan fingerprint density at radius 1 is 0.562 bits per heavy atom. The molecule has 0 saturated carbocycles. The van der Waals surface area contributed by atoms with Crippen LogP contribution in [0, 0.1) is 0 Å². The van der Waals surface area contributed by atoms with Gasteiger partial charge in [-0.2, -0.15) is 0 Å². The van der Waals surface area contributed by atoms with Crippen LogP contribution in [0.3, 0.4) is 0 Å². The molecule has 0 bridgehead atoms. The van der Waals surface area contributed by atoms with Crippen LogP contribution in [0.4, 0.5) is 5.69 Å². The van der Waals surface area contributed by atoms with Crippen molar-refractivity contribution in [2.45, 2.75) is 13.3 Å². The second kappa shape index (κ2) is 10.2. The Balaban J connectivity index is 1.21. The average molecular weight is 614 g/mol. The summed E-state index contributed by atoms with van der Waals surface area (Å²) < 4.78 is 4.70. The van der Waals surface area contributed by atoms with E-state index in [1.807, 2.05) is 0 Å². The number of benzene rings is 7. The second-order valence-corrected chi connectivity index (χ2v) is 12.7. The number of aryl methyl sites for hydroxylation is 1. The highest BCUT2D eigenvalue weighted by atomic mass is 15.0. The van der Waals surface area contributed by atoms with Crippen molar-refractivity contribution in [1.29, 1.82) is 0 Å². The van der Waals surface area contributed by atoms with Gasteiger partial charge in [-0.25, -0.2) is 4.99 Å². The lowest BCUT2D eigenvalue weighted by atomic mass is 9.95. The highest BCUT2D eigenvalue weighted by Crippen LogP contribution is 2.39. The number of aromatic nitrogens is 2. The van der Waals surface area contributed by atoms with Gasteiger partial charge in [0.1, 0.15) is 0 Å². The van der Waals surface area contributed by atoms with Gasteiger partial charge in [-0.05, 0) is 82.4 Å². The van der Waals surface area contributed by atoms with Gasteiger partial charge in [-0.3, -0.25) is 0 Å². The fourth-order valence-electron chi connectivity index (χ4n) is 7.98. The minimum absolute atomic E-state index is 0.928. The Labute approximate surface area is 277 Å². The van der Waals surface area contributed by atoms with Gasteiger partial charge in [0.25, 0.3) is 0 Å². The first-order valence-corrected chi connectivity index (χ1v) is 16.6. The molecule has 10 aromatic rings. The van der Waals surface area contributed by atoms with E-state index in [4.69, 9.17) is 4.99 Å². The molecule has 0 radical (unpaired) electrons. The van der Waals surface area contributed by atoms with Gasteiger partial charge in [-0.1, -0.05) is 111 Å².